The number of anilines is 1. The monoisotopic (exact) mass is 490 g/mol. The Bertz CT molecular complexity index is 1220. The van der Waals surface area contributed by atoms with E-state index in [1.807, 2.05) is 18.2 Å². The Morgan fingerprint density at radius 3 is 2.41 bits per heavy atom. The first-order chi connectivity index (χ1) is 15.4. The zero-order valence-corrected chi connectivity index (χ0v) is 19.9. The van der Waals surface area contributed by atoms with Gasteiger partial charge in [-0.1, -0.05) is 30.2 Å². The Labute approximate surface area is 196 Å². The van der Waals surface area contributed by atoms with Crippen molar-refractivity contribution in [2.45, 2.75) is 23.5 Å². The maximum atomic E-state index is 12.9. The molecule has 4 rings (SSSR count). The Morgan fingerprint density at radius 2 is 1.75 bits per heavy atom. The van der Waals surface area contributed by atoms with Crippen LogP contribution in [0.5, 0.6) is 5.75 Å². The van der Waals surface area contributed by atoms with E-state index < -0.39 is 10.0 Å². The molecular formula is C23H23ClN2O4S2. The minimum absolute atomic E-state index is 0.266. The summed E-state index contributed by atoms with van der Waals surface area (Å²) in [6.45, 7) is 1.16. The van der Waals surface area contributed by atoms with Gasteiger partial charge in [-0.25, -0.2) is 8.42 Å². The summed E-state index contributed by atoms with van der Waals surface area (Å²) in [5.41, 5.74) is 1.91. The summed E-state index contributed by atoms with van der Waals surface area (Å²) >= 11 is 7.36. The molecule has 1 saturated heterocycles. The number of carbonyl (C=O) groups excluding carboxylic acids is 1. The molecule has 0 aliphatic carbocycles. The molecule has 1 aliphatic rings. The summed E-state index contributed by atoms with van der Waals surface area (Å²) in [5.74, 6) is 0.268. The van der Waals surface area contributed by atoms with Crippen molar-refractivity contribution in [1.82, 2.24) is 4.31 Å². The molecule has 1 fully saturated rings. The Balaban J connectivity index is 1.47. The normalized spacial score (nSPS) is 14.8. The first-order valence-electron chi connectivity index (χ1n) is 10.2. The van der Waals surface area contributed by atoms with Crippen LogP contribution in [-0.2, 0) is 10.0 Å². The van der Waals surface area contributed by atoms with Gasteiger partial charge in [0.1, 0.15) is 9.96 Å². The van der Waals surface area contributed by atoms with Crippen LogP contribution in [0, 0.1) is 0 Å². The van der Waals surface area contributed by atoms with Gasteiger partial charge in [0.25, 0.3) is 15.9 Å². The molecule has 0 bridgehead atoms. The van der Waals surface area contributed by atoms with Crippen molar-refractivity contribution in [3.05, 3.63) is 65.2 Å². The number of methoxy groups -OCH3 is 1. The number of amides is 1. The Kier molecular flexibility index (Phi) is 6.85. The fourth-order valence-electron chi connectivity index (χ4n) is 3.58. The van der Waals surface area contributed by atoms with Gasteiger partial charge >= 0.3 is 0 Å². The number of rotatable bonds is 6. The molecule has 1 N–H and O–H groups in total. The number of sulfonamides is 1. The molecule has 0 unspecified atom stereocenters. The predicted octanol–water partition coefficient (Wildman–Crippen LogP) is 5.50. The fraction of sp³-hybridized carbons (Fsp3) is 0.261. The van der Waals surface area contributed by atoms with Crippen LogP contribution in [0.15, 0.2) is 58.8 Å². The lowest BCUT2D eigenvalue weighted by Crippen LogP contribution is -2.35. The van der Waals surface area contributed by atoms with Gasteiger partial charge in [-0.05, 0) is 60.9 Å². The number of hydrogen-bond acceptors (Lipinski definition) is 5. The molecule has 9 heteroatoms. The molecule has 1 aliphatic heterocycles. The zero-order chi connectivity index (χ0) is 22.7. The summed E-state index contributed by atoms with van der Waals surface area (Å²) in [7, 11) is -1.92. The number of nitrogens with zero attached hydrogens (tertiary/aromatic N) is 1. The summed E-state index contributed by atoms with van der Waals surface area (Å²) in [5, 5.41) is 3.22. The number of thiophene rings is 1. The topological polar surface area (TPSA) is 75.7 Å². The molecule has 6 nitrogen and oxygen atoms in total. The molecule has 1 aromatic heterocycles. The van der Waals surface area contributed by atoms with Gasteiger partial charge in [0, 0.05) is 29.2 Å². The molecule has 0 saturated carbocycles. The molecule has 2 heterocycles. The SMILES string of the molecule is COc1ccc(NC(=O)c2ccc(-c3ccc(S(=O)(=O)N4CCCCC4)s3)cc2)cc1Cl. The van der Waals surface area contributed by atoms with Crippen LogP contribution in [0.2, 0.25) is 5.02 Å². The molecule has 1 amide bonds. The highest BCUT2D eigenvalue weighted by Crippen LogP contribution is 2.33. The summed E-state index contributed by atoms with van der Waals surface area (Å²) in [6, 6.07) is 15.6. The molecule has 2 aromatic carbocycles. The van der Waals surface area contributed by atoms with E-state index >= 15 is 0 Å². The molecule has 3 aromatic rings. The first-order valence-corrected chi connectivity index (χ1v) is 12.9. The Hall–Kier alpha value is -2.39. The van der Waals surface area contributed by atoms with Crippen LogP contribution in [0.25, 0.3) is 10.4 Å². The third-order valence-electron chi connectivity index (χ3n) is 5.33. The molecule has 32 heavy (non-hydrogen) atoms. The lowest BCUT2D eigenvalue weighted by Gasteiger charge is -2.25. The lowest BCUT2D eigenvalue weighted by molar-refractivity contribution is 0.102. The van der Waals surface area contributed by atoms with E-state index in [4.69, 9.17) is 16.3 Å². The van der Waals surface area contributed by atoms with Crippen molar-refractivity contribution >= 4 is 44.6 Å². The highest BCUT2D eigenvalue weighted by Gasteiger charge is 2.27. The van der Waals surface area contributed by atoms with Gasteiger partial charge in [0.05, 0.1) is 12.1 Å². The van der Waals surface area contributed by atoms with E-state index in [0.717, 1.165) is 29.7 Å². The number of carbonyl (C=O) groups is 1. The number of halogens is 1. The van der Waals surface area contributed by atoms with E-state index in [1.54, 1.807) is 40.7 Å². The van der Waals surface area contributed by atoms with Gasteiger partial charge < -0.3 is 10.1 Å². The second-order valence-electron chi connectivity index (χ2n) is 7.46. The molecule has 0 spiro atoms. The maximum absolute atomic E-state index is 12.9. The number of nitrogens with one attached hydrogen (secondary N) is 1. The van der Waals surface area contributed by atoms with E-state index in [0.29, 0.717) is 39.3 Å². The van der Waals surface area contributed by atoms with E-state index in [2.05, 4.69) is 5.32 Å². The summed E-state index contributed by atoms with van der Waals surface area (Å²) < 4.78 is 32.8. The standard InChI is InChI=1S/C23H23ClN2O4S2/c1-30-20-10-9-18(15-19(20)24)25-23(27)17-7-5-16(6-8-17)21-11-12-22(31-21)32(28,29)26-13-3-2-4-14-26/h5-12,15H,2-4,13-14H2,1H3,(H,25,27). The minimum atomic E-state index is -3.45. The number of ether oxygens (including phenoxy) is 1. The van der Waals surface area contributed by atoms with Crippen LogP contribution in [0.3, 0.4) is 0 Å². The van der Waals surface area contributed by atoms with Crippen molar-refractivity contribution < 1.29 is 17.9 Å². The van der Waals surface area contributed by atoms with Crippen molar-refractivity contribution in [2.24, 2.45) is 0 Å². The molecule has 0 radical (unpaired) electrons. The molecular weight excluding hydrogens is 468 g/mol. The second-order valence-corrected chi connectivity index (χ2v) is 11.1. The summed E-state index contributed by atoms with van der Waals surface area (Å²) in [6.07, 6.45) is 2.89. The third kappa shape index (κ3) is 4.83. The average molecular weight is 491 g/mol. The fourth-order valence-corrected chi connectivity index (χ4v) is 6.82. The largest absolute Gasteiger partial charge is 0.495 e. The van der Waals surface area contributed by atoms with Crippen LogP contribution >= 0.6 is 22.9 Å². The average Bonchev–Trinajstić information content (AvgIpc) is 3.31. The highest BCUT2D eigenvalue weighted by atomic mass is 35.5. The number of piperidine rings is 1. The summed E-state index contributed by atoms with van der Waals surface area (Å²) in [4.78, 5) is 13.4. The van der Waals surface area contributed by atoms with Crippen LogP contribution < -0.4 is 10.1 Å². The second kappa shape index (κ2) is 9.62. The highest BCUT2D eigenvalue weighted by molar-refractivity contribution is 7.91. The number of benzene rings is 2. The van der Waals surface area contributed by atoms with Gasteiger partial charge in [0.15, 0.2) is 0 Å². The van der Waals surface area contributed by atoms with E-state index in [1.165, 1.54) is 18.4 Å². The Morgan fingerprint density at radius 1 is 1.03 bits per heavy atom. The van der Waals surface area contributed by atoms with Crippen LogP contribution in [0.1, 0.15) is 29.6 Å². The van der Waals surface area contributed by atoms with Crippen molar-refractivity contribution in [1.29, 1.82) is 0 Å². The van der Waals surface area contributed by atoms with Gasteiger partial charge in [0.2, 0.25) is 0 Å². The van der Waals surface area contributed by atoms with Crippen LogP contribution in [-0.4, -0.2) is 38.8 Å². The smallest absolute Gasteiger partial charge is 0.255 e. The van der Waals surface area contributed by atoms with Crippen molar-refractivity contribution in [3.8, 4) is 16.2 Å². The van der Waals surface area contributed by atoms with E-state index in [9.17, 15) is 13.2 Å². The van der Waals surface area contributed by atoms with Gasteiger partial charge in [-0.3, -0.25) is 4.79 Å². The van der Waals surface area contributed by atoms with Gasteiger partial charge in [-0.15, -0.1) is 11.3 Å². The van der Waals surface area contributed by atoms with Crippen LogP contribution in [0.4, 0.5) is 5.69 Å². The maximum Gasteiger partial charge on any atom is 0.255 e. The predicted molar refractivity (Wildman–Crippen MR) is 128 cm³/mol. The molecule has 168 valence electrons. The quantitative estimate of drug-likeness (QED) is 0.494. The third-order valence-corrected chi connectivity index (χ3v) is 9.13. The van der Waals surface area contributed by atoms with Crippen molar-refractivity contribution in [2.75, 3.05) is 25.5 Å². The van der Waals surface area contributed by atoms with E-state index in [-0.39, 0.29) is 5.91 Å². The first kappa shape index (κ1) is 22.8. The minimum Gasteiger partial charge on any atom is -0.495 e. The lowest BCUT2D eigenvalue weighted by atomic mass is 10.1. The number of hydrogen-bond donors (Lipinski definition) is 1. The molecule has 0 atom stereocenters. The zero-order valence-electron chi connectivity index (χ0n) is 17.5. The van der Waals surface area contributed by atoms with Crippen molar-refractivity contribution in [3.63, 3.8) is 0 Å². The van der Waals surface area contributed by atoms with Gasteiger partial charge in [-0.2, -0.15) is 4.31 Å².